The van der Waals surface area contributed by atoms with Crippen molar-refractivity contribution in [3.8, 4) is 5.75 Å². The Morgan fingerprint density at radius 2 is 1.94 bits per heavy atom. The first kappa shape index (κ1) is 24.5. The number of pyridine rings is 1. The molecular weight excluding hydrogens is 404 g/mol. The average Bonchev–Trinajstić information content (AvgIpc) is 2.78. The summed E-state index contributed by atoms with van der Waals surface area (Å²) in [4.78, 5) is 34.7. The van der Waals surface area contributed by atoms with Crippen LogP contribution >= 0.6 is 0 Å². The Balaban J connectivity index is 1.58. The number of piperidine rings is 1. The molecule has 3 rings (SSSR count). The minimum absolute atomic E-state index is 0.0868. The molecule has 32 heavy (non-hydrogen) atoms. The van der Waals surface area contributed by atoms with Crippen LogP contribution in [0.15, 0.2) is 24.5 Å². The highest BCUT2D eigenvalue weighted by atomic mass is 16.5. The van der Waals surface area contributed by atoms with Gasteiger partial charge in [-0.2, -0.15) is 0 Å². The monoisotopic (exact) mass is 444 g/mol. The molecular formula is C25H40N4O3. The highest BCUT2D eigenvalue weighted by Gasteiger charge is 2.39. The SMILES string of the molecule is CC(C)C[C@@H]1NCCN([C@@H](CC(C)C)C(=O)N2CCC(COc3cccnc3)CC2)C1=O. The molecule has 2 atom stereocenters. The van der Waals surface area contributed by atoms with E-state index in [0.29, 0.717) is 37.3 Å². The molecule has 0 radical (unpaired) electrons. The zero-order valence-corrected chi connectivity index (χ0v) is 20.1. The van der Waals surface area contributed by atoms with Crippen molar-refractivity contribution in [2.75, 3.05) is 32.8 Å². The fourth-order valence-corrected chi connectivity index (χ4v) is 4.71. The molecule has 2 fully saturated rings. The third-order valence-corrected chi connectivity index (χ3v) is 6.43. The highest BCUT2D eigenvalue weighted by molar-refractivity contribution is 5.90. The van der Waals surface area contributed by atoms with Crippen LogP contribution in [0, 0.1) is 17.8 Å². The standard InChI is InChI=1S/C25H40N4O3/c1-18(2)14-22-24(30)29(13-10-27-22)23(15-19(3)4)25(31)28-11-7-20(8-12-28)17-32-21-6-5-9-26-16-21/h5-6,9,16,18-20,22-23,27H,7-8,10-15,17H2,1-4H3/t22-,23-/m0/s1. The maximum Gasteiger partial charge on any atom is 0.245 e. The number of rotatable bonds is 9. The van der Waals surface area contributed by atoms with E-state index in [-0.39, 0.29) is 23.9 Å². The van der Waals surface area contributed by atoms with Crippen LogP contribution in [-0.2, 0) is 9.59 Å². The van der Waals surface area contributed by atoms with Crippen LogP contribution in [0.5, 0.6) is 5.75 Å². The summed E-state index contributed by atoms with van der Waals surface area (Å²) in [5.74, 6) is 2.20. The predicted molar refractivity (Wildman–Crippen MR) is 125 cm³/mol. The lowest BCUT2D eigenvalue weighted by Gasteiger charge is -2.42. The van der Waals surface area contributed by atoms with Crippen LogP contribution in [0.3, 0.4) is 0 Å². The van der Waals surface area contributed by atoms with Gasteiger partial charge in [0.2, 0.25) is 11.8 Å². The first-order chi connectivity index (χ1) is 15.3. The molecule has 0 bridgehead atoms. The first-order valence-electron chi connectivity index (χ1n) is 12.2. The van der Waals surface area contributed by atoms with Crippen molar-refractivity contribution < 1.29 is 14.3 Å². The van der Waals surface area contributed by atoms with E-state index in [1.807, 2.05) is 21.9 Å². The summed E-state index contributed by atoms with van der Waals surface area (Å²) in [7, 11) is 0. The topological polar surface area (TPSA) is 74.8 Å². The zero-order chi connectivity index (χ0) is 23.1. The van der Waals surface area contributed by atoms with Crippen molar-refractivity contribution in [1.82, 2.24) is 20.1 Å². The molecule has 2 saturated heterocycles. The van der Waals surface area contributed by atoms with Gasteiger partial charge in [0.05, 0.1) is 18.8 Å². The molecule has 1 aromatic heterocycles. The Bertz CT molecular complexity index is 732. The summed E-state index contributed by atoms with van der Waals surface area (Å²) in [5, 5.41) is 3.36. The van der Waals surface area contributed by atoms with Gasteiger partial charge in [0.15, 0.2) is 0 Å². The lowest BCUT2D eigenvalue weighted by atomic mass is 9.94. The van der Waals surface area contributed by atoms with Gasteiger partial charge < -0.3 is 19.9 Å². The molecule has 7 nitrogen and oxygen atoms in total. The molecule has 0 unspecified atom stereocenters. The number of piperazine rings is 1. The Labute approximate surface area is 192 Å². The van der Waals surface area contributed by atoms with E-state index in [1.54, 1.807) is 12.4 Å². The lowest BCUT2D eigenvalue weighted by molar-refractivity contribution is -0.150. The zero-order valence-electron chi connectivity index (χ0n) is 20.1. The number of nitrogens with one attached hydrogen (secondary N) is 1. The second kappa shape index (κ2) is 11.6. The number of carbonyl (C=O) groups is 2. The molecule has 0 aromatic carbocycles. The van der Waals surface area contributed by atoms with Crippen LogP contribution in [0.2, 0.25) is 0 Å². The molecule has 0 spiro atoms. The maximum atomic E-state index is 13.6. The van der Waals surface area contributed by atoms with Crippen molar-refractivity contribution >= 4 is 11.8 Å². The fraction of sp³-hybridized carbons (Fsp3) is 0.720. The number of nitrogens with zero attached hydrogens (tertiary/aromatic N) is 3. The lowest BCUT2D eigenvalue weighted by Crippen LogP contribution is -2.62. The van der Waals surface area contributed by atoms with Crippen molar-refractivity contribution in [2.24, 2.45) is 17.8 Å². The number of hydrogen-bond acceptors (Lipinski definition) is 5. The predicted octanol–water partition coefficient (Wildman–Crippen LogP) is 2.96. The third kappa shape index (κ3) is 6.67. The summed E-state index contributed by atoms with van der Waals surface area (Å²) in [6, 6.07) is 3.25. The highest BCUT2D eigenvalue weighted by Crippen LogP contribution is 2.24. The molecule has 2 amide bonds. The number of amides is 2. The van der Waals surface area contributed by atoms with E-state index >= 15 is 0 Å². The molecule has 2 aliphatic heterocycles. The van der Waals surface area contributed by atoms with Crippen LogP contribution in [0.25, 0.3) is 0 Å². The van der Waals surface area contributed by atoms with Crippen LogP contribution in [0.1, 0.15) is 53.4 Å². The minimum atomic E-state index is -0.359. The minimum Gasteiger partial charge on any atom is -0.492 e. The van der Waals surface area contributed by atoms with Gasteiger partial charge in [-0.15, -0.1) is 0 Å². The Morgan fingerprint density at radius 1 is 1.19 bits per heavy atom. The van der Waals surface area contributed by atoms with E-state index in [9.17, 15) is 9.59 Å². The van der Waals surface area contributed by atoms with Gasteiger partial charge in [-0.3, -0.25) is 14.6 Å². The first-order valence-corrected chi connectivity index (χ1v) is 12.2. The number of likely N-dealkylation sites (tertiary alicyclic amines) is 1. The average molecular weight is 445 g/mol. The summed E-state index contributed by atoms with van der Waals surface area (Å²) in [6.45, 7) is 12.0. The number of hydrogen-bond donors (Lipinski definition) is 1. The van der Waals surface area contributed by atoms with Crippen LogP contribution in [0.4, 0.5) is 0 Å². The van der Waals surface area contributed by atoms with Crippen LogP contribution < -0.4 is 10.1 Å². The van der Waals surface area contributed by atoms with Crippen molar-refractivity contribution in [3.63, 3.8) is 0 Å². The van der Waals surface area contributed by atoms with Gasteiger partial charge in [-0.05, 0) is 55.6 Å². The molecule has 0 aliphatic carbocycles. The smallest absolute Gasteiger partial charge is 0.245 e. The van der Waals surface area contributed by atoms with Gasteiger partial charge in [-0.25, -0.2) is 0 Å². The van der Waals surface area contributed by atoms with Gasteiger partial charge in [-0.1, -0.05) is 27.7 Å². The van der Waals surface area contributed by atoms with Gasteiger partial charge in [0.1, 0.15) is 11.8 Å². The Morgan fingerprint density at radius 3 is 2.56 bits per heavy atom. The molecule has 178 valence electrons. The second-order valence-corrected chi connectivity index (χ2v) is 10.1. The summed E-state index contributed by atoms with van der Waals surface area (Å²) >= 11 is 0. The van der Waals surface area contributed by atoms with Gasteiger partial charge in [0.25, 0.3) is 0 Å². The summed E-state index contributed by atoms with van der Waals surface area (Å²) in [5.41, 5.74) is 0. The third-order valence-electron chi connectivity index (χ3n) is 6.43. The van der Waals surface area contributed by atoms with Crippen molar-refractivity contribution in [1.29, 1.82) is 0 Å². The summed E-state index contributed by atoms with van der Waals surface area (Å²) < 4.78 is 5.87. The van der Waals surface area contributed by atoms with Crippen LogP contribution in [-0.4, -0.2) is 71.5 Å². The Hall–Kier alpha value is -2.15. The fourth-order valence-electron chi connectivity index (χ4n) is 4.71. The maximum absolute atomic E-state index is 13.6. The van der Waals surface area contributed by atoms with E-state index in [4.69, 9.17) is 4.74 Å². The van der Waals surface area contributed by atoms with E-state index in [0.717, 1.165) is 44.6 Å². The van der Waals surface area contributed by atoms with E-state index < -0.39 is 0 Å². The summed E-state index contributed by atoms with van der Waals surface area (Å²) in [6.07, 6.45) is 6.83. The number of aromatic nitrogens is 1. The molecule has 0 saturated carbocycles. The molecule has 2 aliphatic rings. The number of carbonyl (C=O) groups excluding carboxylic acids is 2. The second-order valence-electron chi connectivity index (χ2n) is 10.1. The van der Waals surface area contributed by atoms with Crippen molar-refractivity contribution in [2.45, 2.75) is 65.5 Å². The van der Waals surface area contributed by atoms with E-state index in [1.165, 1.54) is 0 Å². The number of ether oxygens (including phenoxy) is 1. The van der Waals surface area contributed by atoms with Crippen molar-refractivity contribution in [3.05, 3.63) is 24.5 Å². The van der Waals surface area contributed by atoms with Gasteiger partial charge in [0, 0.05) is 32.4 Å². The largest absolute Gasteiger partial charge is 0.492 e. The Kier molecular flexibility index (Phi) is 8.91. The molecule has 7 heteroatoms. The normalized spacial score (nSPS) is 21.3. The molecule has 1 N–H and O–H groups in total. The van der Waals surface area contributed by atoms with Gasteiger partial charge >= 0.3 is 0 Å². The molecule has 1 aromatic rings. The molecule has 3 heterocycles. The quantitative estimate of drug-likeness (QED) is 0.634. The van der Waals surface area contributed by atoms with E-state index in [2.05, 4.69) is 38.0 Å².